The molecular weight excluding hydrogens is 320 g/mol. The van der Waals surface area contributed by atoms with Gasteiger partial charge in [-0.15, -0.1) is 11.3 Å². The van der Waals surface area contributed by atoms with Crippen LogP contribution in [0.5, 0.6) is 0 Å². The van der Waals surface area contributed by atoms with Crippen LogP contribution in [0.4, 0.5) is 5.69 Å². The number of hydrogen-bond donors (Lipinski definition) is 1. The number of nitrogens with one attached hydrogen (secondary N) is 1. The summed E-state index contributed by atoms with van der Waals surface area (Å²) in [6.45, 7) is 0. The second-order valence-corrected chi connectivity index (χ2v) is 6.59. The SMILES string of the molecule is N#CC1(Nc2ccccc2Br)CCCc2sccc21. The van der Waals surface area contributed by atoms with Crippen molar-refractivity contribution in [1.82, 2.24) is 0 Å². The zero-order valence-corrected chi connectivity index (χ0v) is 12.7. The Balaban J connectivity index is 2.03. The van der Waals surface area contributed by atoms with Crippen molar-refractivity contribution in [3.63, 3.8) is 0 Å². The lowest BCUT2D eigenvalue weighted by molar-refractivity contribution is 0.510. The Labute approximate surface area is 125 Å². The van der Waals surface area contributed by atoms with Crippen molar-refractivity contribution >= 4 is 33.0 Å². The van der Waals surface area contributed by atoms with E-state index in [1.807, 2.05) is 24.3 Å². The third-order valence-electron chi connectivity index (χ3n) is 3.57. The number of hydrogen-bond acceptors (Lipinski definition) is 3. The molecule has 3 rings (SSSR count). The summed E-state index contributed by atoms with van der Waals surface area (Å²) in [6.07, 6.45) is 3.00. The molecule has 1 atom stereocenters. The van der Waals surface area contributed by atoms with Crippen LogP contribution in [0.3, 0.4) is 0 Å². The van der Waals surface area contributed by atoms with E-state index in [1.165, 1.54) is 4.88 Å². The summed E-state index contributed by atoms with van der Waals surface area (Å²) >= 11 is 5.29. The van der Waals surface area contributed by atoms with E-state index in [1.54, 1.807) is 11.3 Å². The number of anilines is 1. The van der Waals surface area contributed by atoms with Crippen LogP contribution in [0.2, 0.25) is 0 Å². The van der Waals surface area contributed by atoms with E-state index >= 15 is 0 Å². The molecule has 19 heavy (non-hydrogen) atoms. The van der Waals surface area contributed by atoms with Gasteiger partial charge < -0.3 is 5.32 Å². The highest BCUT2D eigenvalue weighted by molar-refractivity contribution is 9.10. The van der Waals surface area contributed by atoms with Crippen LogP contribution in [0.15, 0.2) is 40.2 Å². The summed E-state index contributed by atoms with van der Waals surface area (Å²) in [7, 11) is 0. The van der Waals surface area contributed by atoms with Gasteiger partial charge in [-0.2, -0.15) is 5.26 Å². The first-order chi connectivity index (χ1) is 9.25. The summed E-state index contributed by atoms with van der Waals surface area (Å²) < 4.78 is 0.993. The maximum Gasteiger partial charge on any atom is 0.152 e. The monoisotopic (exact) mass is 332 g/mol. The largest absolute Gasteiger partial charge is 0.363 e. The number of nitrogens with zero attached hydrogens (tertiary/aromatic N) is 1. The molecule has 0 saturated heterocycles. The van der Waals surface area contributed by atoms with Gasteiger partial charge in [0.2, 0.25) is 0 Å². The van der Waals surface area contributed by atoms with Gasteiger partial charge in [0.1, 0.15) is 0 Å². The number of rotatable bonds is 2. The molecule has 0 amide bonds. The van der Waals surface area contributed by atoms with Crippen LogP contribution >= 0.6 is 27.3 Å². The van der Waals surface area contributed by atoms with Crippen LogP contribution in [0.1, 0.15) is 23.3 Å². The van der Waals surface area contributed by atoms with Crippen molar-refractivity contribution in [3.05, 3.63) is 50.6 Å². The van der Waals surface area contributed by atoms with Gasteiger partial charge in [0.25, 0.3) is 0 Å². The van der Waals surface area contributed by atoms with Crippen molar-refractivity contribution in [2.75, 3.05) is 5.32 Å². The van der Waals surface area contributed by atoms with Crippen LogP contribution in [-0.4, -0.2) is 0 Å². The van der Waals surface area contributed by atoms with E-state index in [4.69, 9.17) is 0 Å². The Hall–Kier alpha value is -1.31. The van der Waals surface area contributed by atoms with E-state index in [2.05, 4.69) is 38.8 Å². The molecule has 1 heterocycles. The average molecular weight is 333 g/mol. The number of aryl methyl sites for hydroxylation is 1. The summed E-state index contributed by atoms with van der Waals surface area (Å²) in [6, 6.07) is 12.6. The number of thiophene rings is 1. The molecule has 0 radical (unpaired) electrons. The van der Waals surface area contributed by atoms with Crippen molar-refractivity contribution < 1.29 is 0 Å². The normalized spacial score (nSPS) is 21.5. The van der Waals surface area contributed by atoms with Gasteiger partial charge in [-0.1, -0.05) is 12.1 Å². The average Bonchev–Trinajstić information content (AvgIpc) is 2.91. The van der Waals surface area contributed by atoms with Crippen molar-refractivity contribution in [1.29, 1.82) is 5.26 Å². The summed E-state index contributed by atoms with van der Waals surface area (Å²) in [5.74, 6) is 0. The molecule has 1 aromatic heterocycles. The second-order valence-electron chi connectivity index (χ2n) is 4.73. The molecule has 1 unspecified atom stereocenters. The van der Waals surface area contributed by atoms with Crippen molar-refractivity contribution in [2.45, 2.75) is 24.8 Å². The molecule has 0 bridgehead atoms. The molecule has 4 heteroatoms. The van der Waals surface area contributed by atoms with Gasteiger partial charge in [0.05, 0.1) is 6.07 Å². The van der Waals surface area contributed by atoms with Gasteiger partial charge >= 0.3 is 0 Å². The van der Waals surface area contributed by atoms with E-state index in [9.17, 15) is 5.26 Å². The minimum absolute atomic E-state index is 0.586. The highest BCUT2D eigenvalue weighted by atomic mass is 79.9. The number of benzene rings is 1. The molecule has 2 aromatic rings. The number of halogens is 1. The zero-order chi connectivity index (χ0) is 13.3. The molecule has 0 fully saturated rings. The van der Waals surface area contributed by atoms with Gasteiger partial charge in [0.15, 0.2) is 5.54 Å². The molecule has 1 aliphatic carbocycles. The fourth-order valence-corrected chi connectivity index (χ4v) is 4.01. The van der Waals surface area contributed by atoms with E-state index in [-0.39, 0.29) is 0 Å². The summed E-state index contributed by atoms with van der Waals surface area (Å²) in [5, 5.41) is 15.3. The molecule has 1 aromatic carbocycles. The number of para-hydroxylation sites is 1. The first kappa shape index (κ1) is 12.7. The number of fused-ring (bicyclic) bond motifs is 1. The first-order valence-electron chi connectivity index (χ1n) is 6.26. The minimum Gasteiger partial charge on any atom is -0.363 e. The van der Waals surface area contributed by atoms with Crippen LogP contribution in [0, 0.1) is 11.3 Å². The standard InChI is InChI=1S/C15H13BrN2S/c16-12-4-1-2-5-13(12)18-15(10-17)8-3-6-14-11(15)7-9-19-14/h1-2,4-5,7,9,18H,3,6,8H2. The Morgan fingerprint density at radius 3 is 2.95 bits per heavy atom. The minimum atomic E-state index is -0.586. The Morgan fingerprint density at radius 2 is 2.16 bits per heavy atom. The predicted molar refractivity (Wildman–Crippen MR) is 82.3 cm³/mol. The third-order valence-corrected chi connectivity index (χ3v) is 5.25. The molecule has 0 aliphatic heterocycles. The van der Waals surface area contributed by atoms with Gasteiger partial charge in [-0.25, -0.2) is 0 Å². The maximum atomic E-state index is 9.74. The highest BCUT2D eigenvalue weighted by Gasteiger charge is 2.37. The van der Waals surface area contributed by atoms with E-state index < -0.39 is 5.54 Å². The Morgan fingerprint density at radius 1 is 1.32 bits per heavy atom. The molecule has 96 valence electrons. The first-order valence-corrected chi connectivity index (χ1v) is 7.93. The van der Waals surface area contributed by atoms with Crippen LogP contribution in [0.25, 0.3) is 0 Å². The lowest BCUT2D eigenvalue weighted by Gasteiger charge is -2.33. The van der Waals surface area contributed by atoms with Crippen LogP contribution < -0.4 is 5.32 Å². The summed E-state index contributed by atoms with van der Waals surface area (Å²) in [4.78, 5) is 1.34. The lowest BCUT2D eigenvalue weighted by Crippen LogP contribution is -2.36. The molecule has 1 aliphatic rings. The zero-order valence-electron chi connectivity index (χ0n) is 10.3. The lowest BCUT2D eigenvalue weighted by atomic mass is 9.81. The van der Waals surface area contributed by atoms with E-state index in [0.717, 1.165) is 35.0 Å². The quantitative estimate of drug-likeness (QED) is 0.866. The number of nitriles is 1. The fourth-order valence-electron chi connectivity index (χ4n) is 2.63. The smallest absolute Gasteiger partial charge is 0.152 e. The fraction of sp³-hybridized carbons (Fsp3) is 0.267. The van der Waals surface area contributed by atoms with Crippen LogP contribution in [-0.2, 0) is 12.0 Å². The molecule has 2 nitrogen and oxygen atoms in total. The van der Waals surface area contributed by atoms with Gasteiger partial charge in [-0.05, 0) is 58.8 Å². The predicted octanol–water partition coefficient (Wildman–Crippen LogP) is 4.68. The van der Waals surface area contributed by atoms with Crippen molar-refractivity contribution in [3.8, 4) is 6.07 Å². The molecular formula is C15H13BrN2S. The molecule has 0 saturated carbocycles. The Kier molecular flexibility index (Phi) is 3.34. The maximum absolute atomic E-state index is 9.74. The van der Waals surface area contributed by atoms with E-state index in [0.29, 0.717) is 0 Å². The third kappa shape index (κ3) is 2.18. The molecule has 1 N–H and O–H groups in total. The second kappa shape index (κ2) is 4.99. The van der Waals surface area contributed by atoms with Crippen molar-refractivity contribution in [2.24, 2.45) is 0 Å². The highest BCUT2D eigenvalue weighted by Crippen LogP contribution is 2.41. The van der Waals surface area contributed by atoms with Gasteiger partial charge in [-0.3, -0.25) is 0 Å². The molecule has 0 spiro atoms. The summed E-state index contributed by atoms with van der Waals surface area (Å²) in [5.41, 5.74) is 1.54. The Bertz CT molecular complexity index is 644. The van der Waals surface area contributed by atoms with Gasteiger partial charge in [0, 0.05) is 20.6 Å². The topological polar surface area (TPSA) is 35.8 Å².